The van der Waals surface area contributed by atoms with E-state index < -0.39 is 0 Å². The van der Waals surface area contributed by atoms with Crippen molar-refractivity contribution in [2.45, 2.75) is 6.54 Å². The van der Waals surface area contributed by atoms with E-state index in [0.717, 1.165) is 44.3 Å². The van der Waals surface area contributed by atoms with Crippen LogP contribution in [0.3, 0.4) is 0 Å². The van der Waals surface area contributed by atoms with Crippen molar-refractivity contribution in [2.24, 2.45) is 0 Å². The smallest absolute Gasteiger partial charge is 0.251 e. The Morgan fingerprint density at radius 2 is 1.69 bits per heavy atom. The molecular weight excluding hydrogens is 458 g/mol. The molecule has 0 aliphatic carbocycles. The average Bonchev–Trinajstić information content (AvgIpc) is 3.51. The molecule has 1 amide bonds. The molecule has 2 heterocycles. The Labute approximate surface area is 206 Å². The van der Waals surface area contributed by atoms with Gasteiger partial charge >= 0.3 is 0 Å². The number of para-hydroxylation sites is 1. The van der Waals surface area contributed by atoms with Gasteiger partial charge in [-0.05, 0) is 41.5 Å². The van der Waals surface area contributed by atoms with Crippen LogP contribution < -0.4 is 5.32 Å². The molecule has 170 valence electrons. The first-order valence-corrected chi connectivity index (χ1v) is 11.6. The first-order valence-electron chi connectivity index (χ1n) is 11.2. The van der Waals surface area contributed by atoms with Crippen molar-refractivity contribution >= 4 is 39.4 Å². The van der Waals surface area contributed by atoms with Crippen LogP contribution in [0.4, 0.5) is 0 Å². The number of nitrogens with zero attached hydrogens (tertiary/aromatic N) is 2. The van der Waals surface area contributed by atoms with Crippen molar-refractivity contribution in [3.05, 3.63) is 107 Å². The standard InChI is InChI=1S/C28H20ClN5O/c29-22-7-3-1-5-20(22)18-11-9-17(10-12-18)16-30-28(35)19-13-14-24-25(15-19)32-27(31-24)26-21-6-2-4-8-23(21)33-34-26/h1-15H,16H2,(H,30,35)(H,31,32)(H,33,34). The topological polar surface area (TPSA) is 86.5 Å². The van der Waals surface area contributed by atoms with Gasteiger partial charge in [0.25, 0.3) is 5.91 Å². The Morgan fingerprint density at radius 1 is 0.886 bits per heavy atom. The lowest BCUT2D eigenvalue weighted by atomic mass is 10.0. The normalized spacial score (nSPS) is 11.2. The van der Waals surface area contributed by atoms with E-state index >= 15 is 0 Å². The van der Waals surface area contributed by atoms with E-state index in [1.165, 1.54) is 0 Å². The van der Waals surface area contributed by atoms with Gasteiger partial charge in [-0.3, -0.25) is 9.89 Å². The maximum atomic E-state index is 12.8. The van der Waals surface area contributed by atoms with E-state index in [2.05, 4.69) is 25.5 Å². The number of H-pyrrole nitrogens is 2. The molecule has 0 spiro atoms. The number of imidazole rings is 1. The number of rotatable bonds is 5. The Bertz CT molecular complexity index is 1680. The zero-order valence-electron chi connectivity index (χ0n) is 18.5. The average molecular weight is 478 g/mol. The largest absolute Gasteiger partial charge is 0.348 e. The van der Waals surface area contributed by atoms with Crippen LogP contribution in [-0.2, 0) is 6.54 Å². The summed E-state index contributed by atoms with van der Waals surface area (Å²) in [7, 11) is 0. The van der Waals surface area contributed by atoms with Gasteiger partial charge in [0.1, 0.15) is 5.69 Å². The van der Waals surface area contributed by atoms with Gasteiger partial charge in [0.15, 0.2) is 5.82 Å². The van der Waals surface area contributed by atoms with E-state index in [0.29, 0.717) is 23.0 Å². The lowest BCUT2D eigenvalue weighted by Crippen LogP contribution is -2.22. The van der Waals surface area contributed by atoms with Crippen molar-refractivity contribution in [1.29, 1.82) is 0 Å². The van der Waals surface area contributed by atoms with Gasteiger partial charge in [0.05, 0.1) is 16.6 Å². The highest BCUT2D eigenvalue weighted by Gasteiger charge is 2.14. The van der Waals surface area contributed by atoms with Gasteiger partial charge in [0, 0.05) is 28.1 Å². The third-order valence-electron chi connectivity index (χ3n) is 6.03. The molecular formula is C28H20ClN5O. The molecule has 0 saturated carbocycles. The fourth-order valence-corrected chi connectivity index (χ4v) is 4.43. The number of amides is 1. The molecule has 0 atom stereocenters. The number of aromatic amines is 2. The minimum Gasteiger partial charge on any atom is -0.348 e. The van der Waals surface area contributed by atoms with Gasteiger partial charge in [-0.25, -0.2) is 4.98 Å². The molecule has 0 aliphatic heterocycles. The molecule has 0 fully saturated rings. The van der Waals surface area contributed by atoms with Crippen molar-refractivity contribution in [2.75, 3.05) is 0 Å². The van der Waals surface area contributed by atoms with E-state index in [-0.39, 0.29) is 5.91 Å². The second kappa shape index (κ2) is 8.74. The molecule has 2 aromatic heterocycles. The minimum atomic E-state index is -0.150. The SMILES string of the molecule is O=C(NCc1ccc(-c2ccccc2Cl)cc1)c1ccc2nc(-c3n[nH]c4ccccc34)[nH]c2c1. The first-order chi connectivity index (χ1) is 17.2. The van der Waals surface area contributed by atoms with Crippen LogP contribution in [-0.4, -0.2) is 26.1 Å². The Balaban J connectivity index is 1.18. The zero-order valence-corrected chi connectivity index (χ0v) is 19.3. The molecule has 6 aromatic rings. The molecule has 6 rings (SSSR count). The number of carbonyl (C=O) groups is 1. The molecule has 35 heavy (non-hydrogen) atoms. The number of hydrogen-bond donors (Lipinski definition) is 3. The second-order valence-corrected chi connectivity index (χ2v) is 8.70. The Morgan fingerprint density at radius 3 is 2.54 bits per heavy atom. The summed E-state index contributed by atoms with van der Waals surface area (Å²) in [6.07, 6.45) is 0. The number of aromatic nitrogens is 4. The maximum Gasteiger partial charge on any atom is 0.251 e. The van der Waals surface area contributed by atoms with E-state index in [4.69, 9.17) is 11.6 Å². The lowest BCUT2D eigenvalue weighted by molar-refractivity contribution is 0.0951. The summed E-state index contributed by atoms with van der Waals surface area (Å²) in [5, 5.41) is 12.1. The molecule has 7 heteroatoms. The Hall–Kier alpha value is -4.42. The van der Waals surface area contributed by atoms with E-state index in [9.17, 15) is 4.79 Å². The maximum absolute atomic E-state index is 12.8. The molecule has 4 aromatic carbocycles. The van der Waals surface area contributed by atoms with Gasteiger partial charge in [-0.2, -0.15) is 5.10 Å². The predicted molar refractivity (Wildman–Crippen MR) is 139 cm³/mol. The van der Waals surface area contributed by atoms with Gasteiger partial charge in [-0.1, -0.05) is 72.3 Å². The molecule has 6 nitrogen and oxygen atoms in total. The lowest BCUT2D eigenvalue weighted by Gasteiger charge is -2.08. The fourth-order valence-electron chi connectivity index (χ4n) is 4.19. The summed E-state index contributed by atoms with van der Waals surface area (Å²) >= 11 is 6.30. The number of fused-ring (bicyclic) bond motifs is 2. The molecule has 0 saturated heterocycles. The molecule has 0 unspecified atom stereocenters. The number of hydrogen-bond acceptors (Lipinski definition) is 3. The third kappa shape index (κ3) is 4.05. The minimum absolute atomic E-state index is 0.150. The zero-order chi connectivity index (χ0) is 23.8. The van der Waals surface area contributed by atoms with Crippen LogP contribution in [0.15, 0.2) is 91.0 Å². The summed E-state index contributed by atoms with van der Waals surface area (Å²) in [5.74, 6) is 0.511. The Kier molecular flexibility index (Phi) is 5.28. The monoisotopic (exact) mass is 477 g/mol. The fraction of sp³-hybridized carbons (Fsp3) is 0.0357. The van der Waals surface area contributed by atoms with Crippen LogP contribution in [0.5, 0.6) is 0 Å². The highest BCUT2D eigenvalue weighted by atomic mass is 35.5. The van der Waals surface area contributed by atoms with Crippen molar-refractivity contribution in [3.8, 4) is 22.6 Å². The number of nitrogens with one attached hydrogen (secondary N) is 3. The quantitative estimate of drug-likeness (QED) is 0.270. The summed E-state index contributed by atoms with van der Waals surface area (Å²) < 4.78 is 0. The summed E-state index contributed by atoms with van der Waals surface area (Å²) in [4.78, 5) is 20.8. The van der Waals surface area contributed by atoms with Crippen LogP contribution in [0.2, 0.25) is 5.02 Å². The van der Waals surface area contributed by atoms with E-state index in [1.54, 1.807) is 6.07 Å². The van der Waals surface area contributed by atoms with Crippen LogP contribution in [0.1, 0.15) is 15.9 Å². The van der Waals surface area contributed by atoms with Crippen molar-refractivity contribution in [1.82, 2.24) is 25.5 Å². The van der Waals surface area contributed by atoms with Gasteiger partial charge in [0.2, 0.25) is 0 Å². The number of halogens is 1. The molecule has 0 aliphatic rings. The highest BCUT2D eigenvalue weighted by Crippen LogP contribution is 2.28. The summed E-state index contributed by atoms with van der Waals surface area (Å²) in [6.45, 7) is 0.424. The van der Waals surface area contributed by atoms with Crippen molar-refractivity contribution < 1.29 is 4.79 Å². The molecule has 3 N–H and O–H groups in total. The van der Waals surface area contributed by atoms with Crippen molar-refractivity contribution in [3.63, 3.8) is 0 Å². The van der Waals surface area contributed by atoms with Crippen LogP contribution in [0.25, 0.3) is 44.6 Å². The molecule has 0 bridgehead atoms. The van der Waals surface area contributed by atoms with Crippen LogP contribution >= 0.6 is 11.6 Å². The third-order valence-corrected chi connectivity index (χ3v) is 6.36. The van der Waals surface area contributed by atoms with Gasteiger partial charge < -0.3 is 10.3 Å². The second-order valence-electron chi connectivity index (χ2n) is 8.29. The predicted octanol–water partition coefficient (Wildman–Crippen LogP) is 6.36. The summed E-state index contributed by atoms with van der Waals surface area (Å²) in [5.41, 5.74) is 6.85. The molecule has 0 radical (unpaired) electrons. The van der Waals surface area contributed by atoms with E-state index in [1.807, 2.05) is 84.9 Å². The van der Waals surface area contributed by atoms with Crippen LogP contribution in [0, 0.1) is 0 Å². The number of benzene rings is 4. The highest BCUT2D eigenvalue weighted by molar-refractivity contribution is 6.33. The first kappa shape index (κ1) is 21.1. The summed E-state index contributed by atoms with van der Waals surface area (Å²) in [6, 6.07) is 29.1. The van der Waals surface area contributed by atoms with Gasteiger partial charge in [-0.15, -0.1) is 0 Å². The number of carbonyl (C=O) groups excluding carboxylic acids is 1.